The molecule has 1 aromatic rings. The maximum atomic E-state index is 12.2. The first-order valence-electron chi connectivity index (χ1n) is 6.57. The molecule has 0 saturated carbocycles. The lowest BCUT2D eigenvalue weighted by atomic mass is 10.1. The fourth-order valence-electron chi connectivity index (χ4n) is 1.75. The van der Waals surface area contributed by atoms with Crippen molar-refractivity contribution in [2.24, 2.45) is 11.7 Å². The van der Waals surface area contributed by atoms with Crippen LogP contribution in [0.5, 0.6) is 0 Å². The number of sulfonamides is 1. The van der Waals surface area contributed by atoms with Gasteiger partial charge in [-0.3, -0.25) is 0 Å². The van der Waals surface area contributed by atoms with Crippen LogP contribution in [0, 0.1) is 5.92 Å². The molecule has 0 heterocycles. The summed E-state index contributed by atoms with van der Waals surface area (Å²) in [6.07, 6.45) is 0.874. The Bertz CT molecular complexity index is 498. The van der Waals surface area contributed by atoms with Crippen molar-refractivity contribution in [3.63, 3.8) is 0 Å². The summed E-state index contributed by atoms with van der Waals surface area (Å²) in [6.45, 7) is 5.17. The molecule has 0 aromatic heterocycles. The van der Waals surface area contributed by atoms with Crippen LogP contribution in [-0.4, -0.2) is 26.3 Å². The first-order chi connectivity index (χ1) is 8.85. The van der Waals surface area contributed by atoms with Gasteiger partial charge in [-0.2, -0.15) is 0 Å². The average Bonchev–Trinajstić information content (AvgIpc) is 2.35. The van der Waals surface area contributed by atoms with E-state index in [1.54, 1.807) is 7.05 Å². The van der Waals surface area contributed by atoms with Crippen molar-refractivity contribution < 1.29 is 8.42 Å². The molecule has 0 amide bonds. The minimum atomic E-state index is -3.24. The van der Waals surface area contributed by atoms with Gasteiger partial charge < -0.3 is 5.73 Å². The Morgan fingerprint density at radius 2 is 1.89 bits per heavy atom. The summed E-state index contributed by atoms with van der Waals surface area (Å²) in [6, 6.07) is 7.43. The minimum absolute atomic E-state index is 0.0371. The molecule has 0 atom stereocenters. The molecule has 0 spiro atoms. The van der Waals surface area contributed by atoms with E-state index >= 15 is 0 Å². The Hall–Kier alpha value is -0.910. The van der Waals surface area contributed by atoms with Gasteiger partial charge in [0, 0.05) is 20.1 Å². The van der Waals surface area contributed by atoms with Crippen molar-refractivity contribution in [1.82, 2.24) is 4.31 Å². The molecule has 1 aromatic carbocycles. The molecular weight excluding hydrogens is 260 g/mol. The minimum Gasteiger partial charge on any atom is -0.326 e. The van der Waals surface area contributed by atoms with Gasteiger partial charge in [-0.05, 0) is 23.5 Å². The summed E-state index contributed by atoms with van der Waals surface area (Å²) in [5.74, 6) is 0.535. The van der Waals surface area contributed by atoms with E-state index in [0.29, 0.717) is 19.0 Å². The monoisotopic (exact) mass is 284 g/mol. The maximum Gasteiger partial charge on any atom is 0.218 e. The summed E-state index contributed by atoms with van der Waals surface area (Å²) >= 11 is 0. The SMILES string of the molecule is CC(C)CCN(C)S(=O)(=O)Cc1cccc(CN)c1. The fraction of sp³-hybridized carbons (Fsp3) is 0.571. The third-order valence-electron chi connectivity index (χ3n) is 3.07. The molecule has 2 N–H and O–H groups in total. The summed E-state index contributed by atoms with van der Waals surface area (Å²) < 4.78 is 25.9. The second-order valence-electron chi connectivity index (χ2n) is 5.28. The van der Waals surface area contributed by atoms with Gasteiger partial charge in [0.15, 0.2) is 0 Å². The highest BCUT2D eigenvalue weighted by Crippen LogP contribution is 2.13. The van der Waals surface area contributed by atoms with Gasteiger partial charge in [0.2, 0.25) is 10.0 Å². The van der Waals surface area contributed by atoms with Crippen LogP contribution in [0.1, 0.15) is 31.4 Å². The molecule has 0 aliphatic heterocycles. The lowest BCUT2D eigenvalue weighted by molar-refractivity contribution is 0.427. The number of rotatable bonds is 7. The first kappa shape index (κ1) is 16.1. The van der Waals surface area contributed by atoms with Crippen LogP contribution in [0.25, 0.3) is 0 Å². The van der Waals surface area contributed by atoms with Crippen LogP contribution < -0.4 is 5.73 Å². The molecule has 0 saturated heterocycles. The molecule has 4 nitrogen and oxygen atoms in total. The van der Waals surface area contributed by atoms with Crippen molar-refractivity contribution in [2.45, 2.75) is 32.6 Å². The molecule has 0 fully saturated rings. The van der Waals surface area contributed by atoms with E-state index in [9.17, 15) is 8.42 Å². The van der Waals surface area contributed by atoms with Crippen LogP contribution in [0.2, 0.25) is 0 Å². The fourth-order valence-corrected chi connectivity index (χ4v) is 2.95. The van der Waals surface area contributed by atoms with Crippen molar-refractivity contribution >= 4 is 10.0 Å². The molecule has 0 unspecified atom stereocenters. The molecule has 19 heavy (non-hydrogen) atoms. The molecule has 5 heteroatoms. The van der Waals surface area contributed by atoms with E-state index in [4.69, 9.17) is 5.73 Å². The zero-order valence-electron chi connectivity index (χ0n) is 12.0. The quantitative estimate of drug-likeness (QED) is 0.832. The van der Waals surface area contributed by atoms with Gasteiger partial charge >= 0.3 is 0 Å². The lowest BCUT2D eigenvalue weighted by Crippen LogP contribution is -2.29. The molecule has 0 aliphatic rings. The summed E-state index contributed by atoms with van der Waals surface area (Å²) in [7, 11) is -1.60. The summed E-state index contributed by atoms with van der Waals surface area (Å²) in [5.41, 5.74) is 7.31. The largest absolute Gasteiger partial charge is 0.326 e. The third-order valence-corrected chi connectivity index (χ3v) is 4.90. The Labute approximate surface area is 116 Å². The Kier molecular flexibility index (Phi) is 5.97. The number of hydrogen-bond donors (Lipinski definition) is 1. The number of benzene rings is 1. The van der Waals surface area contributed by atoms with Gasteiger partial charge in [-0.25, -0.2) is 12.7 Å². The topological polar surface area (TPSA) is 63.4 Å². The zero-order chi connectivity index (χ0) is 14.5. The van der Waals surface area contributed by atoms with Crippen LogP contribution in [-0.2, 0) is 22.3 Å². The highest BCUT2D eigenvalue weighted by molar-refractivity contribution is 7.88. The summed E-state index contributed by atoms with van der Waals surface area (Å²) in [4.78, 5) is 0. The summed E-state index contributed by atoms with van der Waals surface area (Å²) in [5, 5.41) is 0. The average molecular weight is 284 g/mol. The molecular formula is C14H24N2O2S. The number of hydrogen-bond acceptors (Lipinski definition) is 3. The van der Waals surface area contributed by atoms with E-state index in [-0.39, 0.29) is 5.75 Å². The molecule has 0 aliphatic carbocycles. The predicted octanol–water partition coefficient (Wildman–Crippen LogP) is 1.95. The van der Waals surface area contributed by atoms with E-state index in [0.717, 1.165) is 17.5 Å². The lowest BCUT2D eigenvalue weighted by Gasteiger charge is -2.18. The van der Waals surface area contributed by atoms with Gasteiger partial charge in [0.1, 0.15) is 0 Å². The maximum absolute atomic E-state index is 12.2. The number of nitrogens with zero attached hydrogens (tertiary/aromatic N) is 1. The second-order valence-corrected chi connectivity index (χ2v) is 7.36. The first-order valence-corrected chi connectivity index (χ1v) is 8.18. The molecule has 1 rings (SSSR count). The second kappa shape index (κ2) is 7.03. The predicted molar refractivity (Wildman–Crippen MR) is 79.0 cm³/mol. The van der Waals surface area contributed by atoms with Gasteiger partial charge in [0.05, 0.1) is 5.75 Å². The van der Waals surface area contributed by atoms with E-state index in [2.05, 4.69) is 13.8 Å². The van der Waals surface area contributed by atoms with Crippen LogP contribution in [0.3, 0.4) is 0 Å². The standard InChI is InChI=1S/C14H24N2O2S/c1-12(2)7-8-16(3)19(17,18)11-14-6-4-5-13(9-14)10-15/h4-6,9,12H,7-8,10-11,15H2,1-3H3. The van der Waals surface area contributed by atoms with Crippen LogP contribution >= 0.6 is 0 Å². The van der Waals surface area contributed by atoms with Crippen LogP contribution in [0.4, 0.5) is 0 Å². The van der Waals surface area contributed by atoms with Gasteiger partial charge in [-0.1, -0.05) is 38.1 Å². The zero-order valence-corrected chi connectivity index (χ0v) is 12.8. The van der Waals surface area contributed by atoms with E-state index < -0.39 is 10.0 Å². The van der Waals surface area contributed by atoms with E-state index in [1.165, 1.54) is 4.31 Å². The van der Waals surface area contributed by atoms with Gasteiger partial charge in [-0.15, -0.1) is 0 Å². The van der Waals surface area contributed by atoms with Crippen molar-refractivity contribution in [1.29, 1.82) is 0 Å². The third kappa shape index (κ3) is 5.30. The molecule has 0 radical (unpaired) electrons. The number of nitrogens with two attached hydrogens (primary N) is 1. The van der Waals surface area contributed by atoms with Crippen molar-refractivity contribution in [3.8, 4) is 0 Å². The van der Waals surface area contributed by atoms with Crippen LogP contribution in [0.15, 0.2) is 24.3 Å². The van der Waals surface area contributed by atoms with E-state index in [1.807, 2.05) is 24.3 Å². The highest BCUT2D eigenvalue weighted by Gasteiger charge is 2.18. The smallest absolute Gasteiger partial charge is 0.218 e. The van der Waals surface area contributed by atoms with Crippen molar-refractivity contribution in [3.05, 3.63) is 35.4 Å². The Balaban J connectivity index is 2.72. The van der Waals surface area contributed by atoms with Gasteiger partial charge in [0.25, 0.3) is 0 Å². The Morgan fingerprint density at radius 3 is 2.47 bits per heavy atom. The highest BCUT2D eigenvalue weighted by atomic mass is 32.2. The van der Waals surface area contributed by atoms with Crippen molar-refractivity contribution in [2.75, 3.05) is 13.6 Å². The normalized spacial score (nSPS) is 12.3. The Morgan fingerprint density at radius 1 is 1.26 bits per heavy atom. The molecule has 108 valence electrons. The molecule has 0 bridgehead atoms.